The lowest BCUT2D eigenvalue weighted by Crippen LogP contribution is -1.95. The van der Waals surface area contributed by atoms with Gasteiger partial charge in [-0.2, -0.15) is 0 Å². The molecule has 0 bridgehead atoms. The molecule has 0 saturated heterocycles. The number of oxazole rings is 1. The van der Waals surface area contributed by atoms with Gasteiger partial charge in [-0.3, -0.25) is 0 Å². The van der Waals surface area contributed by atoms with Crippen molar-refractivity contribution < 1.29 is 27.5 Å². The first-order valence-corrected chi connectivity index (χ1v) is 4.99. The maximum Gasteiger partial charge on any atom is 0.357 e. The summed E-state index contributed by atoms with van der Waals surface area (Å²) < 4.78 is 43.7. The normalized spacial score (nSPS) is 11.1. The lowest BCUT2D eigenvalue weighted by atomic mass is 10.2. The average molecular weight is 269 g/mol. The second-order valence-corrected chi connectivity index (χ2v) is 3.47. The van der Waals surface area contributed by atoms with Crippen LogP contribution in [0.1, 0.15) is 21.9 Å². The highest BCUT2D eigenvalue weighted by molar-refractivity contribution is 5.85. The van der Waals surface area contributed by atoms with Crippen molar-refractivity contribution in [2.75, 3.05) is 0 Å². The lowest BCUT2D eigenvalue weighted by molar-refractivity contribution is 0.0690. The molecule has 0 aliphatic heterocycles. The number of halogens is 3. The number of carboxylic acids is 1. The van der Waals surface area contributed by atoms with E-state index in [-0.39, 0.29) is 17.1 Å². The van der Waals surface area contributed by atoms with Crippen LogP contribution in [0, 0.1) is 17.5 Å². The number of rotatable bonds is 3. The predicted molar refractivity (Wildman–Crippen MR) is 58.7 cm³/mol. The molecule has 0 atom stereocenters. The Hall–Kier alpha value is -2.57. The van der Waals surface area contributed by atoms with Crippen molar-refractivity contribution in [2.24, 2.45) is 0 Å². The van der Waals surface area contributed by atoms with Crippen molar-refractivity contribution in [3.63, 3.8) is 0 Å². The Bertz CT molecular complexity index is 664. The summed E-state index contributed by atoms with van der Waals surface area (Å²) in [6.07, 6.45) is 3.14. The summed E-state index contributed by atoms with van der Waals surface area (Å²) in [6, 6.07) is 1.81. The lowest BCUT2D eigenvalue weighted by Gasteiger charge is -1.98. The Morgan fingerprint density at radius 2 is 1.95 bits per heavy atom. The van der Waals surface area contributed by atoms with Gasteiger partial charge < -0.3 is 9.52 Å². The van der Waals surface area contributed by atoms with Crippen molar-refractivity contribution in [3.8, 4) is 0 Å². The third kappa shape index (κ3) is 2.65. The van der Waals surface area contributed by atoms with Crippen LogP contribution in [0.2, 0.25) is 0 Å². The van der Waals surface area contributed by atoms with Gasteiger partial charge in [0, 0.05) is 11.6 Å². The van der Waals surface area contributed by atoms with Gasteiger partial charge in [0.25, 0.3) is 0 Å². The second kappa shape index (κ2) is 4.97. The number of hydrogen-bond acceptors (Lipinski definition) is 3. The fourth-order valence-electron chi connectivity index (χ4n) is 1.29. The molecule has 2 rings (SSSR count). The molecule has 1 aromatic heterocycles. The van der Waals surface area contributed by atoms with Gasteiger partial charge in [0.2, 0.25) is 5.89 Å². The molecule has 0 spiro atoms. The Labute approximate surface area is 104 Å². The predicted octanol–water partition coefficient (Wildman–Crippen LogP) is 2.96. The molecule has 1 N–H and O–H groups in total. The van der Waals surface area contributed by atoms with Crippen LogP contribution in [0.25, 0.3) is 12.2 Å². The van der Waals surface area contributed by atoms with Gasteiger partial charge in [0.1, 0.15) is 6.26 Å². The maximum absolute atomic E-state index is 13.3. The molecule has 7 heteroatoms. The van der Waals surface area contributed by atoms with Crippen LogP contribution in [0.3, 0.4) is 0 Å². The van der Waals surface area contributed by atoms with Crippen LogP contribution < -0.4 is 0 Å². The molecule has 98 valence electrons. The summed E-state index contributed by atoms with van der Waals surface area (Å²) in [7, 11) is 0. The van der Waals surface area contributed by atoms with E-state index in [9.17, 15) is 18.0 Å². The SMILES string of the molecule is O=C(O)c1coc(/C=C/c2ccc(F)c(F)c2F)n1. The standard InChI is InChI=1S/C12H6F3NO3/c13-7-3-1-6(10(14)11(7)15)2-4-9-16-8(5-19-9)12(17)18/h1-5H,(H,17,18)/b4-2+. The zero-order valence-electron chi connectivity index (χ0n) is 9.23. The number of hydrogen-bond donors (Lipinski definition) is 1. The van der Waals surface area contributed by atoms with Gasteiger partial charge >= 0.3 is 5.97 Å². The van der Waals surface area contributed by atoms with Crippen LogP contribution in [-0.4, -0.2) is 16.1 Å². The Morgan fingerprint density at radius 1 is 1.21 bits per heavy atom. The minimum Gasteiger partial charge on any atom is -0.476 e. The molecular formula is C12H6F3NO3. The van der Waals surface area contributed by atoms with Gasteiger partial charge in [-0.05, 0) is 18.2 Å². The smallest absolute Gasteiger partial charge is 0.357 e. The summed E-state index contributed by atoms with van der Waals surface area (Å²) in [5, 5.41) is 8.60. The van der Waals surface area contributed by atoms with Crippen LogP contribution in [0.5, 0.6) is 0 Å². The van der Waals surface area contributed by atoms with Gasteiger partial charge in [-0.25, -0.2) is 22.9 Å². The molecule has 1 heterocycles. The Morgan fingerprint density at radius 3 is 2.58 bits per heavy atom. The minimum absolute atomic E-state index is 0.0958. The highest BCUT2D eigenvalue weighted by Crippen LogP contribution is 2.17. The highest BCUT2D eigenvalue weighted by Gasteiger charge is 2.12. The van der Waals surface area contributed by atoms with E-state index in [1.54, 1.807) is 0 Å². The van der Waals surface area contributed by atoms with Crippen LogP contribution in [0.15, 0.2) is 22.8 Å². The van der Waals surface area contributed by atoms with E-state index >= 15 is 0 Å². The van der Waals surface area contributed by atoms with Crippen molar-refractivity contribution >= 4 is 18.1 Å². The summed E-state index contributed by atoms with van der Waals surface area (Å²) in [5.74, 6) is -5.59. The molecular weight excluding hydrogens is 263 g/mol. The number of carboxylic acid groups (broad SMARTS) is 1. The van der Waals surface area contributed by atoms with E-state index in [1.807, 2.05) is 0 Å². The summed E-state index contributed by atoms with van der Waals surface area (Å²) in [6.45, 7) is 0. The molecule has 1 aromatic carbocycles. The van der Waals surface area contributed by atoms with Crippen LogP contribution in [-0.2, 0) is 0 Å². The zero-order valence-corrected chi connectivity index (χ0v) is 9.23. The molecule has 0 fully saturated rings. The fourth-order valence-corrected chi connectivity index (χ4v) is 1.29. The topological polar surface area (TPSA) is 63.3 Å². The van der Waals surface area contributed by atoms with E-state index in [4.69, 9.17) is 9.52 Å². The van der Waals surface area contributed by atoms with Gasteiger partial charge in [0.05, 0.1) is 0 Å². The summed E-state index contributed by atoms with van der Waals surface area (Å²) in [4.78, 5) is 14.1. The van der Waals surface area contributed by atoms with E-state index < -0.39 is 23.4 Å². The number of nitrogens with zero attached hydrogens (tertiary/aromatic N) is 1. The van der Waals surface area contributed by atoms with Crippen molar-refractivity contribution in [1.29, 1.82) is 0 Å². The van der Waals surface area contributed by atoms with E-state index in [1.165, 1.54) is 0 Å². The third-order valence-electron chi connectivity index (χ3n) is 2.21. The number of benzene rings is 1. The Balaban J connectivity index is 2.27. The molecule has 0 aliphatic carbocycles. The number of carbonyl (C=O) groups is 1. The zero-order chi connectivity index (χ0) is 14.0. The quantitative estimate of drug-likeness (QED) is 0.870. The van der Waals surface area contributed by atoms with E-state index in [0.717, 1.165) is 30.5 Å². The van der Waals surface area contributed by atoms with E-state index in [2.05, 4.69) is 4.98 Å². The Kier molecular flexibility index (Phi) is 3.37. The second-order valence-electron chi connectivity index (χ2n) is 3.47. The van der Waals surface area contributed by atoms with Crippen molar-refractivity contribution in [2.45, 2.75) is 0 Å². The molecule has 2 aromatic rings. The maximum atomic E-state index is 13.3. The molecule has 4 nitrogen and oxygen atoms in total. The highest BCUT2D eigenvalue weighted by atomic mass is 19.2. The van der Waals surface area contributed by atoms with Crippen LogP contribution in [0.4, 0.5) is 13.2 Å². The molecule has 0 amide bonds. The minimum atomic E-state index is -1.58. The van der Waals surface area contributed by atoms with Crippen molar-refractivity contribution in [1.82, 2.24) is 4.98 Å². The third-order valence-corrected chi connectivity index (χ3v) is 2.21. The monoisotopic (exact) mass is 269 g/mol. The fraction of sp³-hybridized carbons (Fsp3) is 0. The number of aromatic nitrogens is 1. The first-order chi connectivity index (χ1) is 8.99. The molecule has 0 unspecified atom stereocenters. The van der Waals surface area contributed by atoms with Gasteiger partial charge in [0.15, 0.2) is 23.1 Å². The molecule has 0 aliphatic rings. The first kappa shape index (κ1) is 12.9. The van der Waals surface area contributed by atoms with Gasteiger partial charge in [-0.15, -0.1) is 0 Å². The van der Waals surface area contributed by atoms with Crippen LogP contribution >= 0.6 is 0 Å². The average Bonchev–Trinajstić information content (AvgIpc) is 2.84. The molecule has 19 heavy (non-hydrogen) atoms. The molecule has 0 saturated carbocycles. The van der Waals surface area contributed by atoms with Gasteiger partial charge in [-0.1, -0.05) is 0 Å². The first-order valence-electron chi connectivity index (χ1n) is 4.99. The summed E-state index contributed by atoms with van der Waals surface area (Å²) in [5.41, 5.74) is -0.528. The van der Waals surface area contributed by atoms with E-state index in [0.29, 0.717) is 0 Å². The van der Waals surface area contributed by atoms with Crippen molar-refractivity contribution in [3.05, 3.63) is 53.0 Å². The largest absolute Gasteiger partial charge is 0.476 e. The number of aromatic carboxylic acids is 1. The molecule has 0 radical (unpaired) electrons. The summed E-state index contributed by atoms with van der Waals surface area (Å²) >= 11 is 0.